The van der Waals surface area contributed by atoms with Crippen molar-refractivity contribution in [2.45, 2.75) is 13.8 Å². The lowest BCUT2D eigenvalue weighted by Crippen LogP contribution is -2.08. The molecule has 0 aliphatic rings. The summed E-state index contributed by atoms with van der Waals surface area (Å²) in [6.07, 6.45) is 0. The first kappa shape index (κ1) is 10.7. The summed E-state index contributed by atoms with van der Waals surface area (Å²) in [5.74, 6) is 0.149. The molecule has 0 aliphatic heterocycles. The van der Waals surface area contributed by atoms with Gasteiger partial charge in [0.25, 0.3) is 0 Å². The summed E-state index contributed by atoms with van der Waals surface area (Å²) in [5.41, 5.74) is 5.37. The quantitative estimate of drug-likeness (QED) is 0.546. The maximum absolute atomic E-state index is 7.26. The lowest BCUT2D eigenvalue weighted by Gasteiger charge is -1.85. The molecule has 0 bridgehead atoms. The van der Waals surface area contributed by atoms with Gasteiger partial charge in [0.1, 0.15) is 5.84 Å². The van der Waals surface area contributed by atoms with E-state index < -0.39 is 0 Å². The maximum Gasteiger partial charge on any atom is 0.133 e. The minimum Gasteiger partial charge on any atom is -0.383 e. The molecular formula is C11H14N2S. The van der Waals surface area contributed by atoms with Gasteiger partial charge in [-0.25, -0.2) is 0 Å². The van der Waals surface area contributed by atoms with Crippen molar-refractivity contribution in [2.75, 3.05) is 0 Å². The highest BCUT2D eigenvalue weighted by Crippen LogP contribution is 2.24. The van der Waals surface area contributed by atoms with Crippen LogP contribution in [0.15, 0.2) is 30.3 Å². The maximum atomic E-state index is 7.26. The van der Waals surface area contributed by atoms with Gasteiger partial charge in [0.2, 0.25) is 0 Å². The number of hydrogen-bond acceptors (Lipinski definition) is 2. The molecule has 1 heterocycles. The van der Waals surface area contributed by atoms with E-state index in [2.05, 4.69) is 0 Å². The number of nitrogen functional groups attached to an aromatic ring is 1. The summed E-state index contributed by atoms with van der Waals surface area (Å²) in [6.45, 7) is 4.00. The predicted molar refractivity (Wildman–Crippen MR) is 64.2 cm³/mol. The number of rotatable bonds is 1. The molecular weight excluding hydrogens is 192 g/mol. The van der Waals surface area contributed by atoms with E-state index in [1.807, 2.05) is 44.2 Å². The van der Waals surface area contributed by atoms with Crippen molar-refractivity contribution in [1.29, 1.82) is 5.41 Å². The first-order valence-electron chi connectivity index (χ1n) is 4.60. The summed E-state index contributed by atoms with van der Waals surface area (Å²) in [5, 5.41) is 8.42. The highest BCUT2D eigenvalue weighted by atomic mass is 32.1. The number of amidine groups is 1. The Morgan fingerprint density at radius 3 is 2.50 bits per heavy atom. The highest BCUT2D eigenvalue weighted by molar-refractivity contribution is 7.20. The van der Waals surface area contributed by atoms with Crippen LogP contribution >= 0.6 is 11.3 Å². The Morgan fingerprint density at radius 1 is 1.29 bits per heavy atom. The van der Waals surface area contributed by atoms with Crippen LogP contribution in [0.25, 0.3) is 10.1 Å². The van der Waals surface area contributed by atoms with Crippen LogP contribution in [0.2, 0.25) is 0 Å². The number of benzene rings is 1. The second-order valence-electron chi connectivity index (χ2n) is 2.56. The van der Waals surface area contributed by atoms with Crippen molar-refractivity contribution in [3.8, 4) is 0 Å². The molecule has 3 N–H and O–H groups in total. The summed E-state index contributed by atoms with van der Waals surface area (Å²) in [7, 11) is 0. The lowest BCUT2D eigenvalue weighted by atomic mass is 10.2. The number of fused-ring (bicyclic) bond motifs is 1. The number of nitrogens with one attached hydrogen (secondary N) is 1. The average Bonchev–Trinajstić information content (AvgIpc) is 2.64. The summed E-state index contributed by atoms with van der Waals surface area (Å²) in [4.78, 5) is 0.844. The Morgan fingerprint density at radius 2 is 1.93 bits per heavy atom. The van der Waals surface area contributed by atoms with Gasteiger partial charge in [-0.05, 0) is 17.5 Å². The van der Waals surface area contributed by atoms with Crippen LogP contribution < -0.4 is 5.73 Å². The van der Waals surface area contributed by atoms with Crippen LogP contribution in [0.3, 0.4) is 0 Å². The van der Waals surface area contributed by atoms with Crippen LogP contribution in [-0.2, 0) is 0 Å². The van der Waals surface area contributed by atoms with E-state index in [-0.39, 0.29) is 5.84 Å². The fourth-order valence-electron chi connectivity index (χ4n) is 1.11. The van der Waals surface area contributed by atoms with Crippen LogP contribution in [0.4, 0.5) is 0 Å². The zero-order chi connectivity index (χ0) is 10.6. The molecule has 0 spiro atoms. The molecule has 0 saturated heterocycles. The van der Waals surface area contributed by atoms with Crippen molar-refractivity contribution in [3.63, 3.8) is 0 Å². The monoisotopic (exact) mass is 206 g/mol. The largest absolute Gasteiger partial charge is 0.383 e. The first-order valence-corrected chi connectivity index (χ1v) is 5.42. The first-order chi connectivity index (χ1) is 6.77. The minimum absolute atomic E-state index is 0.149. The van der Waals surface area contributed by atoms with Crippen LogP contribution in [0, 0.1) is 5.41 Å². The smallest absolute Gasteiger partial charge is 0.133 e. The van der Waals surface area contributed by atoms with Crippen molar-refractivity contribution in [3.05, 3.63) is 35.2 Å². The second-order valence-corrected chi connectivity index (χ2v) is 3.65. The molecule has 1 aromatic heterocycles. The molecule has 0 radical (unpaired) electrons. The zero-order valence-electron chi connectivity index (χ0n) is 8.37. The van der Waals surface area contributed by atoms with Gasteiger partial charge in [-0.15, -0.1) is 11.3 Å². The molecule has 74 valence electrons. The third kappa shape index (κ3) is 2.12. The SMILES string of the molecule is CC.N=C(N)c1cc2ccccc2s1. The molecule has 0 aliphatic carbocycles. The Labute approximate surface area is 87.9 Å². The predicted octanol–water partition coefficient (Wildman–Crippen LogP) is 3.21. The molecule has 2 rings (SSSR count). The molecule has 0 unspecified atom stereocenters. The van der Waals surface area contributed by atoms with Crippen molar-refractivity contribution < 1.29 is 0 Å². The Bertz CT molecular complexity index is 399. The Balaban J connectivity index is 0.000000461. The Kier molecular flexibility index (Phi) is 3.65. The van der Waals surface area contributed by atoms with Gasteiger partial charge in [0.15, 0.2) is 0 Å². The van der Waals surface area contributed by atoms with E-state index in [0.29, 0.717) is 0 Å². The van der Waals surface area contributed by atoms with Crippen LogP contribution in [-0.4, -0.2) is 5.84 Å². The fourth-order valence-corrected chi connectivity index (χ4v) is 2.04. The highest BCUT2D eigenvalue weighted by Gasteiger charge is 2.01. The average molecular weight is 206 g/mol. The van der Waals surface area contributed by atoms with Gasteiger partial charge in [0, 0.05) is 4.70 Å². The topological polar surface area (TPSA) is 49.9 Å². The van der Waals surface area contributed by atoms with Crippen LogP contribution in [0.5, 0.6) is 0 Å². The summed E-state index contributed by atoms with van der Waals surface area (Å²) in [6, 6.07) is 9.98. The molecule has 14 heavy (non-hydrogen) atoms. The summed E-state index contributed by atoms with van der Waals surface area (Å²) < 4.78 is 1.18. The van der Waals surface area contributed by atoms with Gasteiger partial charge in [-0.2, -0.15) is 0 Å². The zero-order valence-corrected chi connectivity index (χ0v) is 9.19. The molecule has 3 heteroatoms. The van der Waals surface area contributed by atoms with E-state index in [1.54, 1.807) is 11.3 Å². The van der Waals surface area contributed by atoms with Gasteiger partial charge in [-0.1, -0.05) is 32.0 Å². The standard InChI is InChI=1S/C9H8N2S.C2H6/c10-9(11)8-5-6-3-1-2-4-7(6)12-8;1-2/h1-5H,(H3,10,11);1-2H3. The van der Waals surface area contributed by atoms with Gasteiger partial charge in [-0.3, -0.25) is 5.41 Å². The van der Waals surface area contributed by atoms with Gasteiger partial charge >= 0.3 is 0 Å². The molecule has 0 amide bonds. The van der Waals surface area contributed by atoms with Crippen molar-refractivity contribution >= 4 is 27.3 Å². The van der Waals surface area contributed by atoms with Crippen LogP contribution in [0.1, 0.15) is 18.7 Å². The molecule has 1 aromatic carbocycles. The van der Waals surface area contributed by atoms with Crippen molar-refractivity contribution in [1.82, 2.24) is 0 Å². The molecule has 0 saturated carbocycles. The Hall–Kier alpha value is -1.35. The van der Waals surface area contributed by atoms with Crippen molar-refractivity contribution in [2.24, 2.45) is 5.73 Å². The molecule has 2 nitrogen and oxygen atoms in total. The third-order valence-electron chi connectivity index (χ3n) is 1.69. The lowest BCUT2D eigenvalue weighted by molar-refractivity contribution is 1.46. The second kappa shape index (κ2) is 4.77. The number of hydrogen-bond donors (Lipinski definition) is 2. The number of nitrogens with two attached hydrogens (primary N) is 1. The fraction of sp³-hybridized carbons (Fsp3) is 0.182. The van der Waals surface area contributed by atoms with E-state index in [9.17, 15) is 0 Å². The van der Waals surface area contributed by atoms with E-state index >= 15 is 0 Å². The number of thiophene rings is 1. The van der Waals surface area contributed by atoms with Gasteiger partial charge < -0.3 is 5.73 Å². The normalized spacial score (nSPS) is 9.29. The van der Waals surface area contributed by atoms with E-state index in [1.165, 1.54) is 4.70 Å². The molecule has 2 aromatic rings. The van der Waals surface area contributed by atoms with E-state index in [0.717, 1.165) is 10.3 Å². The molecule has 0 atom stereocenters. The van der Waals surface area contributed by atoms with Gasteiger partial charge in [0.05, 0.1) is 4.88 Å². The third-order valence-corrected chi connectivity index (χ3v) is 2.84. The summed E-state index contributed by atoms with van der Waals surface area (Å²) >= 11 is 1.56. The van der Waals surface area contributed by atoms with E-state index in [4.69, 9.17) is 11.1 Å². The molecule has 0 fully saturated rings. The minimum atomic E-state index is 0.149.